The van der Waals surface area contributed by atoms with Crippen LogP contribution in [0.15, 0.2) is 6.20 Å². The number of amides is 1. The zero-order valence-corrected chi connectivity index (χ0v) is 19.9. The number of piperidine rings is 1. The van der Waals surface area contributed by atoms with E-state index < -0.39 is 0 Å². The lowest BCUT2D eigenvalue weighted by atomic mass is 9.89. The highest BCUT2D eigenvalue weighted by atomic mass is 16.2. The van der Waals surface area contributed by atoms with E-state index in [1.807, 2.05) is 11.1 Å². The maximum Gasteiger partial charge on any atom is 0.228 e. The number of carbonyl (C=O) groups excluding carboxylic acids is 1. The molecule has 1 aliphatic carbocycles. The summed E-state index contributed by atoms with van der Waals surface area (Å²) in [5.74, 6) is 3.11. The fourth-order valence-electron chi connectivity index (χ4n) is 5.20. The number of aryl methyl sites for hydroxylation is 1. The van der Waals surface area contributed by atoms with Gasteiger partial charge in [0.2, 0.25) is 5.91 Å². The van der Waals surface area contributed by atoms with Gasteiger partial charge >= 0.3 is 0 Å². The molecule has 1 saturated heterocycles. The van der Waals surface area contributed by atoms with Gasteiger partial charge in [0.05, 0.1) is 6.20 Å². The van der Waals surface area contributed by atoms with Gasteiger partial charge < -0.3 is 0 Å². The molecule has 2 fully saturated rings. The molecule has 3 aliphatic rings. The standard InChI is InChI=1S/C25H36N6O/c1-16-20-7-8-21(32)31(14-17-5-6-17)24(20)28-23(27-16)18-9-11-30(12-10-18)15-19-13-26-29-22(19)25(2,3)4/h13,17-18H,5-12,14-15H2,1-4H3,(H,26,29). The van der Waals surface area contributed by atoms with Gasteiger partial charge in [0.1, 0.15) is 11.6 Å². The van der Waals surface area contributed by atoms with Gasteiger partial charge in [-0.15, -0.1) is 0 Å². The lowest BCUT2D eigenvalue weighted by molar-refractivity contribution is -0.119. The fourth-order valence-corrected chi connectivity index (χ4v) is 5.20. The molecule has 0 radical (unpaired) electrons. The summed E-state index contributed by atoms with van der Waals surface area (Å²) in [5.41, 5.74) is 4.84. The van der Waals surface area contributed by atoms with Crippen LogP contribution in [0.25, 0.3) is 0 Å². The van der Waals surface area contributed by atoms with Crippen molar-refractivity contribution in [3.05, 3.63) is 34.5 Å². The molecule has 2 aromatic rings. The number of hydrogen-bond acceptors (Lipinski definition) is 5. The molecule has 1 saturated carbocycles. The quantitative estimate of drug-likeness (QED) is 0.770. The van der Waals surface area contributed by atoms with Crippen LogP contribution in [0.2, 0.25) is 0 Å². The van der Waals surface area contributed by atoms with Crippen LogP contribution in [-0.2, 0) is 23.2 Å². The maximum absolute atomic E-state index is 12.7. The highest BCUT2D eigenvalue weighted by Crippen LogP contribution is 2.37. The largest absolute Gasteiger partial charge is 0.299 e. The van der Waals surface area contributed by atoms with Gasteiger partial charge in [-0.1, -0.05) is 20.8 Å². The Morgan fingerprint density at radius 2 is 1.84 bits per heavy atom. The number of fused-ring (bicyclic) bond motifs is 1. The van der Waals surface area contributed by atoms with Gasteiger partial charge in [-0.25, -0.2) is 9.97 Å². The Morgan fingerprint density at radius 3 is 2.53 bits per heavy atom. The van der Waals surface area contributed by atoms with Crippen LogP contribution in [0.4, 0.5) is 5.82 Å². The highest BCUT2D eigenvalue weighted by molar-refractivity contribution is 5.95. The summed E-state index contributed by atoms with van der Waals surface area (Å²) in [7, 11) is 0. The smallest absolute Gasteiger partial charge is 0.228 e. The second kappa shape index (κ2) is 8.25. The van der Waals surface area contributed by atoms with Crippen molar-refractivity contribution in [3.63, 3.8) is 0 Å². The van der Waals surface area contributed by atoms with E-state index in [-0.39, 0.29) is 11.3 Å². The summed E-state index contributed by atoms with van der Waals surface area (Å²) in [4.78, 5) is 27.1. The molecule has 0 unspecified atom stereocenters. The number of nitrogens with one attached hydrogen (secondary N) is 1. The molecule has 0 bridgehead atoms. The minimum absolute atomic E-state index is 0.0719. The Bertz CT molecular complexity index is 994. The summed E-state index contributed by atoms with van der Waals surface area (Å²) >= 11 is 0. The van der Waals surface area contributed by atoms with Crippen molar-refractivity contribution >= 4 is 11.7 Å². The number of carbonyl (C=O) groups is 1. The molecule has 32 heavy (non-hydrogen) atoms. The predicted octanol–water partition coefficient (Wildman–Crippen LogP) is 3.87. The van der Waals surface area contributed by atoms with Crippen molar-refractivity contribution in [1.29, 1.82) is 0 Å². The average molecular weight is 437 g/mol. The lowest BCUT2D eigenvalue weighted by Gasteiger charge is -2.33. The van der Waals surface area contributed by atoms with Crippen molar-refractivity contribution in [2.24, 2.45) is 5.92 Å². The van der Waals surface area contributed by atoms with Crippen LogP contribution in [0, 0.1) is 12.8 Å². The van der Waals surface area contributed by atoms with Crippen LogP contribution < -0.4 is 4.90 Å². The molecule has 1 N–H and O–H groups in total. The van der Waals surface area contributed by atoms with Gasteiger partial charge in [-0.2, -0.15) is 5.10 Å². The van der Waals surface area contributed by atoms with Crippen molar-refractivity contribution in [2.75, 3.05) is 24.5 Å². The number of aromatic nitrogens is 4. The summed E-state index contributed by atoms with van der Waals surface area (Å²) in [6.07, 6.45) is 7.93. The Morgan fingerprint density at radius 1 is 1.09 bits per heavy atom. The van der Waals surface area contributed by atoms with E-state index in [0.29, 0.717) is 18.3 Å². The Hall–Kier alpha value is -2.28. The minimum atomic E-state index is 0.0719. The molecule has 1 amide bonds. The third-order valence-electron chi connectivity index (χ3n) is 7.31. The monoisotopic (exact) mass is 436 g/mol. The molecule has 172 valence electrons. The zero-order valence-electron chi connectivity index (χ0n) is 19.9. The van der Waals surface area contributed by atoms with E-state index in [1.54, 1.807) is 0 Å². The predicted molar refractivity (Wildman–Crippen MR) is 125 cm³/mol. The molecule has 7 nitrogen and oxygen atoms in total. The first-order valence-electron chi connectivity index (χ1n) is 12.2. The van der Waals surface area contributed by atoms with Crippen molar-refractivity contribution in [1.82, 2.24) is 25.1 Å². The normalized spacial score (nSPS) is 20.6. The van der Waals surface area contributed by atoms with E-state index >= 15 is 0 Å². The van der Waals surface area contributed by atoms with Gasteiger partial charge in [0, 0.05) is 53.4 Å². The Balaban J connectivity index is 1.29. The molecule has 0 atom stereocenters. The number of nitrogens with zero attached hydrogens (tertiary/aromatic N) is 5. The van der Waals surface area contributed by atoms with Crippen molar-refractivity contribution in [2.45, 2.75) is 84.1 Å². The summed E-state index contributed by atoms with van der Waals surface area (Å²) < 4.78 is 0. The Labute approximate surface area is 191 Å². The molecule has 2 aromatic heterocycles. The SMILES string of the molecule is Cc1nc(C2CCN(Cc3cn[nH]c3C(C)(C)C)CC2)nc2c1CCC(=O)N2CC1CC1. The first kappa shape index (κ1) is 21.6. The topological polar surface area (TPSA) is 78.0 Å². The van der Waals surface area contributed by atoms with Crippen LogP contribution in [0.1, 0.15) is 87.1 Å². The first-order chi connectivity index (χ1) is 15.3. The average Bonchev–Trinajstić information content (AvgIpc) is 3.44. The number of rotatable bonds is 5. The van der Waals surface area contributed by atoms with Crippen molar-refractivity contribution in [3.8, 4) is 0 Å². The molecule has 4 heterocycles. The zero-order chi connectivity index (χ0) is 22.5. The van der Waals surface area contributed by atoms with Crippen LogP contribution in [-0.4, -0.2) is 50.6 Å². The second-order valence-electron chi connectivity index (χ2n) is 11.0. The number of anilines is 1. The number of aromatic amines is 1. The number of H-pyrrole nitrogens is 1. The summed E-state index contributed by atoms with van der Waals surface area (Å²) in [6.45, 7) is 12.6. The molecular weight excluding hydrogens is 400 g/mol. The summed E-state index contributed by atoms with van der Waals surface area (Å²) in [5, 5.41) is 7.50. The van der Waals surface area contributed by atoms with Gasteiger partial charge in [0.25, 0.3) is 0 Å². The first-order valence-corrected chi connectivity index (χ1v) is 12.2. The number of hydrogen-bond donors (Lipinski definition) is 1. The van der Waals surface area contributed by atoms with Gasteiger partial charge in [-0.3, -0.25) is 19.7 Å². The fraction of sp³-hybridized carbons (Fsp3) is 0.680. The Kier molecular flexibility index (Phi) is 5.56. The minimum Gasteiger partial charge on any atom is -0.299 e. The lowest BCUT2D eigenvalue weighted by Crippen LogP contribution is -2.39. The highest BCUT2D eigenvalue weighted by Gasteiger charge is 2.34. The molecule has 5 rings (SSSR count). The van der Waals surface area contributed by atoms with Gasteiger partial charge in [-0.05, 0) is 58.0 Å². The number of likely N-dealkylation sites (tertiary alicyclic amines) is 1. The second-order valence-corrected chi connectivity index (χ2v) is 11.0. The maximum atomic E-state index is 12.7. The van der Waals surface area contributed by atoms with E-state index in [9.17, 15) is 4.79 Å². The molecule has 2 aliphatic heterocycles. The van der Waals surface area contributed by atoms with Crippen LogP contribution >= 0.6 is 0 Å². The third-order valence-corrected chi connectivity index (χ3v) is 7.31. The van der Waals surface area contributed by atoms with E-state index in [4.69, 9.17) is 9.97 Å². The van der Waals surface area contributed by atoms with Crippen LogP contribution in [0.3, 0.4) is 0 Å². The van der Waals surface area contributed by atoms with E-state index in [2.05, 4.69) is 42.8 Å². The molecular formula is C25H36N6O. The molecule has 0 aromatic carbocycles. The van der Waals surface area contributed by atoms with E-state index in [1.165, 1.54) is 29.7 Å². The molecule has 7 heteroatoms. The third kappa shape index (κ3) is 4.32. The summed E-state index contributed by atoms with van der Waals surface area (Å²) in [6, 6.07) is 0. The van der Waals surface area contributed by atoms with Gasteiger partial charge in [0.15, 0.2) is 0 Å². The van der Waals surface area contributed by atoms with Crippen LogP contribution in [0.5, 0.6) is 0 Å². The molecule has 0 spiro atoms. The van der Waals surface area contributed by atoms with Crippen molar-refractivity contribution < 1.29 is 4.79 Å². The van der Waals surface area contributed by atoms with E-state index in [0.717, 1.165) is 62.8 Å².